The summed E-state index contributed by atoms with van der Waals surface area (Å²) < 4.78 is 31.8. The molecular formula is C16H10F2N2OS. The molecule has 0 saturated heterocycles. The molecule has 22 heavy (non-hydrogen) atoms. The van der Waals surface area contributed by atoms with E-state index in [1.807, 2.05) is 12.1 Å². The first kappa shape index (κ1) is 14.4. The lowest BCUT2D eigenvalue weighted by molar-refractivity contribution is 0.332. The summed E-state index contributed by atoms with van der Waals surface area (Å²) in [6.07, 6.45) is 0. The molecule has 0 aliphatic rings. The average Bonchev–Trinajstić information content (AvgIpc) is 2.91. The maximum absolute atomic E-state index is 13.2. The third-order valence-electron chi connectivity index (χ3n) is 3.19. The molecule has 0 atom stereocenters. The van der Waals surface area contributed by atoms with Crippen molar-refractivity contribution in [2.75, 3.05) is 6.73 Å². The van der Waals surface area contributed by atoms with E-state index in [0.717, 1.165) is 17.3 Å². The lowest BCUT2D eigenvalue weighted by atomic mass is 10.1. The molecule has 6 heteroatoms. The molecule has 0 unspecified atom stereocenters. The van der Waals surface area contributed by atoms with Crippen molar-refractivity contribution in [2.24, 2.45) is 4.99 Å². The van der Waals surface area contributed by atoms with Gasteiger partial charge in [-0.15, -0.1) is 0 Å². The number of benzene rings is 2. The zero-order valence-electron chi connectivity index (χ0n) is 11.3. The van der Waals surface area contributed by atoms with Gasteiger partial charge in [0, 0.05) is 22.7 Å². The number of isothiocyanates is 1. The Bertz CT molecular complexity index is 829. The van der Waals surface area contributed by atoms with Crippen molar-refractivity contribution in [3.8, 4) is 17.0 Å². The Morgan fingerprint density at radius 3 is 2.55 bits per heavy atom. The molecule has 3 nitrogen and oxygen atoms in total. The van der Waals surface area contributed by atoms with Crippen LogP contribution in [0.3, 0.4) is 0 Å². The predicted molar refractivity (Wildman–Crippen MR) is 84.2 cm³/mol. The number of hydrogen-bond donors (Lipinski definition) is 1. The van der Waals surface area contributed by atoms with Crippen LogP contribution in [0.25, 0.3) is 22.2 Å². The van der Waals surface area contributed by atoms with Crippen LogP contribution >= 0.6 is 12.2 Å². The number of aromatic nitrogens is 1. The van der Waals surface area contributed by atoms with Crippen LogP contribution in [0.4, 0.5) is 8.78 Å². The van der Waals surface area contributed by atoms with Crippen LogP contribution in [0.15, 0.2) is 47.5 Å². The number of aromatic amines is 1. The Balaban J connectivity index is 1.89. The maximum Gasteiger partial charge on any atom is 0.188 e. The Morgan fingerprint density at radius 2 is 1.82 bits per heavy atom. The van der Waals surface area contributed by atoms with Crippen LogP contribution in [0, 0.1) is 11.6 Å². The largest absolute Gasteiger partial charge is 0.471 e. The second-order valence-electron chi connectivity index (χ2n) is 4.58. The van der Waals surface area contributed by atoms with E-state index >= 15 is 0 Å². The van der Waals surface area contributed by atoms with Gasteiger partial charge in [0.25, 0.3) is 0 Å². The van der Waals surface area contributed by atoms with Crippen molar-refractivity contribution >= 4 is 28.3 Å². The Morgan fingerprint density at radius 1 is 1.09 bits per heavy atom. The molecule has 3 aromatic rings. The van der Waals surface area contributed by atoms with Gasteiger partial charge in [-0.25, -0.2) is 8.78 Å². The van der Waals surface area contributed by atoms with Crippen LogP contribution in [-0.2, 0) is 0 Å². The van der Waals surface area contributed by atoms with E-state index in [4.69, 9.17) is 4.74 Å². The fraction of sp³-hybridized carbons (Fsp3) is 0.0625. The Hall–Kier alpha value is -2.56. The Kier molecular flexibility index (Phi) is 3.96. The summed E-state index contributed by atoms with van der Waals surface area (Å²) in [5.41, 5.74) is 2.19. The van der Waals surface area contributed by atoms with Crippen molar-refractivity contribution in [1.29, 1.82) is 0 Å². The molecule has 0 fully saturated rings. The molecule has 1 N–H and O–H groups in total. The summed E-state index contributed by atoms with van der Waals surface area (Å²) in [6.45, 7) is 0.119. The minimum atomic E-state index is -0.872. The first-order valence-electron chi connectivity index (χ1n) is 6.42. The first-order chi connectivity index (χ1) is 10.7. The third kappa shape index (κ3) is 2.88. The molecule has 0 amide bonds. The number of fused-ring (bicyclic) bond motifs is 1. The summed E-state index contributed by atoms with van der Waals surface area (Å²) in [4.78, 5) is 6.72. The highest BCUT2D eigenvalue weighted by Crippen LogP contribution is 2.27. The molecule has 1 aromatic heterocycles. The first-order valence-corrected chi connectivity index (χ1v) is 6.83. The van der Waals surface area contributed by atoms with Crippen molar-refractivity contribution in [1.82, 2.24) is 4.98 Å². The van der Waals surface area contributed by atoms with Crippen molar-refractivity contribution in [2.45, 2.75) is 0 Å². The minimum absolute atomic E-state index is 0.119. The lowest BCUT2D eigenvalue weighted by Gasteiger charge is -2.03. The third-order valence-corrected chi connectivity index (χ3v) is 3.32. The minimum Gasteiger partial charge on any atom is -0.471 e. The summed E-state index contributed by atoms with van der Waals surface area (Å²) in [6, 6.07) is 11.3. The van der Waals surface area contributed by atoms with E-state index in [1.165, 1.54) is 6.07 Å². The standard InChI is InChI=1S/C16H10F2N2OS/c17-13-5-11-6-15(20-16(11)7-14(13)18)10-1-3-12(4-2-10)21-8-19-9-22/h1-7,20H,8H2. The number of ether oxygens (including phenoxy) is 1. The topological polar surface area (TPSA) is 37.4 Å². The molecule has 0 aliphatic carbocycles. The summed E-state index contributed by atoms with van der Waals surface area (Å²) in [5, 5.41) is 2.83. The molecule has 0 spiro atoms. The average molecular weight is 316 g/mol. The molecule has 2 aromatic carbocycles. The number of nitrogens with one attached hydrogen (secondary N) is 1. The summed E-state index contributed by atoms with van der Waals surface area (Å²) >= 11 is 4.45. The van der Waals surface area contributed by atoms with Gasteiger partial charge in [-0.05, 0) is 54.2 Å². The van der Waals surface area contributed by atoms with Crippen LogP contribution in [0.1, 0.15) is 0 Å². The van der Waals surface area contributed by atoms with Gasteiger partial charge in [-0.1, -0.05) is 0 Å². The van der Waals surface area contributed by atoms with Gasteiger partial charge in [-0.2, -0.15) is 4.99 Å². The van der Waals surface area contributed by atoms with Crippen LogP contribution in [0.2, 0.25) is 0 Å². The molecule has 0 bridgehead atoms. The number of nitrogens with zero attached hydrogens (tertiary/aromatic N) is 1. The highest BCUT2D eigenvalue weighted by Gasteiger charge is 2.08. The monoisotopic (exact) mass is 316 g/mol. The zero-order valence-corrected chi connectivity index (χ0v) is 12.1. The molecule has 0 aliphatic heterocycles. The van der Waals surface area contributed by atoms with E-state index in [-0.39, 0.29) is 6.73 Å². The van der Waals surface area contributed by atoms with Gasteiger partial charge in [0.05, 0.1) is 5.16 Å². The van der Waals surface area contributed by atoms with Gasteiger partial charge < -0.3 is 9.72 Å². The molecule has 1 heterocycles. The fourth-order valence-electron chi connectivity index (χ4n) is 2.15. The van der Waals surface area contributed by atoms with Crippen molar-refractivity contribution in [3.63, 3.8) is 0 Å². The smallest absolute Gasteiger partial charge is 0.188 e. The lowest BCUT2D eigenvalue weighted by Crippen LogP contribution is -1.92. The zero-order chi connectivity index (χ0) is 15.5. The molecular weight excluding hydrogens is 306 g/mol. The predicted octanol–water partition coefficient (Wildman–Crippen LogP) is 4.55. The SMILES string of the molecule is Fc1cc2cc(-c3ccc(OCN=C=S)cc3)[nH]c2cc1F. The van der Waals surface area contributed by atoms with Crippen molar-refractivity contribution < 1.29 is 13.5 Å². The number of aliphatic imine (C=N–C) groups is 1. The van der Waals surface area contributed by atoms with Gasteiger partial charge >= 0.3 is 0 Å². The van der Waals surface area contributed by atoms with E-state index in [0.29, 0.717) is 16.7 Å². The molecule has 3 rings (SSSR count). The van der Waals surface area contributed by atoms with Gasteiger partial charge in [-0.3, -0.25) is 0 Å². The number of rotatable bonds is 4. The summed E-state index contributed by atoms with van der Waals surface area (Å²) in [5.74, 6) is -1.09. The van der Waals surface area contributed by atoms with Gasteiger partial charge in [0.15, 0.2) is 18.4 Å². The van der Waals surface area contributed by atoms with Gasteiger partial charge in [0.2, 0.25) is 0 Å². The van der Waals surface area contributed by atoms with E-state index in [2.05, 4.69) is 27.4 Å². The number of thiocarbonyl (C=S) groups is 1. The van der Waals surface area contributed by atoms with E-state index < -0.39 is 11.6 Å². The maximum atomic E-state index is 13.2. The normalized spacial score (nSPS) is 10.5. The molecule has 0 saturated carbocycles. The van der Waals surface area contributed by atoms with Crippen LogP contribution in [-0.4, -0.2) is 16.9 Å². The number of hydrogen-bond acceptors (Lipinski definition) is 3. The van der Waals surface area contributed by atoms with E-state index in [1.54, 1.807) is 18.2 Å². The van der Waals surface area contributed by atoms with Crippen LogP contribution < -0.4 is 4.74 Å². The quantitative estimate of drug-likeness (QED) is 0.566. The van der Waals surface area contributed by atoms with E-state index in [9.17, 15) is 8.78 Å². The second-order valence-corrected chi connectivity index (χ2v) is 4.77. The number of halogens is 2. The highest BCUT2D eigenvalue weighted by atomic mass is 32.1. The number of H-pyrrole nitrogens is 1. The van der Waals surface area contributed by atoms with Crippen LogP contribution in [0.5, 0.6) is 5.75 Å². The second kappa shape index (κ2) is 6.05. The molecule has 110 valence electrons. The van der Waals surface area contributed by atoms with Crippen molar-refractivity contribution in [3.05, 3.63) is 54.1 Å². The fourth-order valence-corrected chi connectivity index (χ4v) is 2.20. The highest BCUT2D eigenvalue weighted by molar-refractivity contribution is 7.78. The Labute approximate surface area is 130 Å². The summed E-state index contributed by atoms with van der Waals surface area (Å²) in [7, 11) is 0. The van der Waals surface area contributed by atoms with Gasteiger partial charge in [0.1, 0.15) is 5.75 Å². The molecule has 0 radical (unpaired) electrons.